The highest BCUT2D eigenvalue weighted by Crippen LogP contribution is 2.25. The SMILES string of the molecule is Cc1ccc(Oc2nc3c(C)cccn3c(=O)c2/C=C(\C#N)C(=O)NCCCOC(C)C)cc1. The number of hydrogen-bond acceptors (Lipinski definition) is 6. The minimum absolute atomic E-state index is 0.0125. The highest BCUT2D eigenvalue weighted by Gasteiger charge is 2.18. The highest BCUT2D eigenvalue weighted by molar-refractivity contribution is 6.01. The van der Waals surface area contributed by atoms with Gasteiger partial charge in [0.1, 0.15) is 28.6 Å². The van der Waals surface area contributed by atoms with E-state index in [1.807, 2.05) is 52.0 Å². The minimum Gasteiger partial charge on any atom is -0.438 e. The molecule has 0 radical (unpaired) electrons. The molecule has 2 aromatic heterocycles. The maximum Gasteiger partial charge on any atom is 0.269 e. The van der Waals surface area contributed by atoms with Crippen LogP contribution in [-0.4, -0.2) is 34.5 Å². The molecule has 0 saturated heterocycles. The maximum atomic E-state index is 13.3. The van der Waals surface area contributed by atoms with Crippen molar-refractivity contribution in [1.29, 1.82) is 5.26 Å². The van der Waals surface area contributed by atoms with Gasteiger partial charge in [-0.05, 0) is 64.0 Å². The number of nitrogens with zero attached hydrogens (tertiary/aromatic N) is 3. The molecule has 0 spiro atoms. The molecule has 3 rings (SSSR count). The van der Waals surface area contributed by atoms with E-state index in [0.717, 1.165) is 11.1 Å². The fraction of sp³-hybridized carbons (Fsp3) is 0.308. The molecule has 0 atom stereocenters. The summed E-state index contributed by atoms with van der Waals surface area (Å²) in [6.45, 7) is 8.49. The molecular weight excluding hydrogens is 432 g/mol. The molecule has 1 N–H and O–H groups in total. The van der Waals surface area contributed by atoms with E-state index >= 15 is 0 Å². The zero-order chi connectivity index (χ0) is 24.7. The predicted molar refractivity (Wildman–Crippen MR) is 130 cm³/mol. The first kappa shape index (κ1) is 24.7. The standard InChI is InChI=1S/C26H28N4O4/c1-17(2)33-14-6-12-28-24(31)20(16-27)15-22-25(34-21-10-8-18(3)9-11-21)29-23-19(4)7-5-13-30(23)26(22)32/h5,7-11,13,15,17H,6,12,14H2,1-4H3,(H,28,31)/b20-15+. The van der Waals surface area contributed by atoms with Crippen LogP contribution in [0.3, 0.4) is 0 Å². The third-order valence-electron chi connectivity index (χ3n) is 5.00. The van der Waals surface area contributed by atoms with Gasteiger partial charge in [-0.3, -0.25) is 14.0 Å². The smallest absolute Gasteiger partial charge is 0.269 e. The molecule has 3 aromatic rings. The van der Waals surface area contributed by atoms with Crippen LogP contribution in [0.5, 0.6) is 11.6 Å². The molecule has 0 unspecified atom stereocenters. The summed E-state index contributed by atoms with van der Waals surface area (Å²) in [6.07, 6.45) is 3.53. The Labute approximate surface area is 198 Å². The number of carbonyl (C=O) groups is 1. The number of rotatable bonds is 9. The normalized spacial score (nSPS) is 11.5. The zero-order valence-electron chi connectivity index (χ0n) is 19.8. The molecule has 0 saturated carbocycles. The van der Waals surface area contributed by atoms with Crippen molar-refractivity contribution in [3.63, 3.8) is 0 Å². The summed E-state index contributed by atoms with van der Waals surface area (Å²) < 4.78 is 12.8. The second-order valence-corrected chi connectivity index (χ2v) is 8.13. The van der Waals surface area contributed by atoms with Gasteiger partial charge in [0.25, 0.3) is 11.5 Å². The van der Waals surface area contributed by atoms with Crippen LogP contribution in [0.4, 0.5) is 0 Å². The third kappa shape index (κ3) is 6.09. The number of nitrogens with one attached hydrogen (secondary N) is 1. The molecule has 1 aromatic carbocycles. The van der Waals surface area contributed by atoms with E-state index in [-0.39, 0.29) is 23.1 Å². The predicted octanol–water partition coefficient (Wildman–Crippen LogP) is 3.94. The second-order valence-electron chi connectivity index (χ2n) is 8.13. The average molecular weight is 461 g/mol. The Morgan fingerprint density at radius 1 is 1.24 bits per heavy atom. The van der Waals surface area contributed by atoms with Crippen LogP contribution in [0, 0.1) is 25.2 Å². The maximum absolute atomic E-state index is 13.3. The van der Waals surface area contributed by atoms with E-state index in [0.29, 0.717) is 31.0 Å². The molecule has 1 amide bonds. The summed E-state index contributed by atoms with van der Waals surface area (Å²) in [4.78, 5) is 30.5. The lowest BCUT2D eigenvalue weighted by Crippen LogP contribution is -2.27. The molecular formula is C26H28N4O4. The van der Waals surface area contributed by atoms with Crippen LogP contribution in [0.2, 0.25) is 0 Å². The molecule has 176 valence electrons. The molecule has 0 fully saturated rings. The first-order chi connectivity index (χ1) is 16.3. The van der Waals surface area contributed by atoms with Crippen molar-refractivity contribution >= 4 is 17.6 Å². The highest BCUT2D eigenvalue weighted by atomic mass is 16.5. The van der Waals surface area contributed by atoms with Crippen LogP contribution in [0.15, 0.2) is 53.0 Å². The van der Waals surface area contributed by atoms with E-state index in [2.05, 4.69) is 10.3 Å². The lowest BCUT2D eigenvalue weighted by Gasteiger charge is -2.12. The monoisotopic (exact) mass is 460 g/mol. The number of aromatic nitrogens is 2. The molecule has 2 heterocycles. The quantitative estimate of drug-likeness (QED) is 0.295. The van der Waals surface area contributed by atoms with E-state index in [1.54, 1.807) is 24.4 Å². The van der Waals surface area contributed by atoms with Crippen LogP contribution < -0.4 is 15.6 Å². The van der Waals surface area contributed by atoms with Gasteiger partial charge in [-0.1, -0.05) is 23.8 Å². The van der Waals surface area contributed by atoms with Crippen molar-refractivity contribution in [2.24, 2.45) is 0 Å². The number of amides is 1. The van der Waals surface area contributed by atoms with E-state index < -0.39 is 11.5 Å². The topological polar surface area (TPSA) is 106 Å². The number of carbonyl (C=O) groups excluding carboxylic acids is 1. The first-order valence-electron chi connectivity index (χ1n) is 11.1. The van der Waals surface area contributed by atoms with E-state index in [9.17, 15) is 14.9 Å². The number of pyridine rings is 1. The largest absolute Gasteiger partial charge is 0.438 e. The summed E-state index contributed by atoms with van der Waals surface area (Å²) in [6, 6.07) is 12.7. The van der Waals surface area contributed by atoms with Crippen molar-refractivity contribution in [3.8, 4) is 17.7 Å². The minimum atomic E-state index is -0.581. The van der Waals surface area contributed by atoms with Crippen molar-refractivity contribution in [2.75, 3.05) is 13.2 Å². The fourth-order valence-corrected chi connectivity index (χ4v) is 3.19. The van der Waals surface area contributed by atoms with Crippen molar-refractivity contribution in [1.82, 2.24) is 14.7 Å². The van der Waals surface area contributed by atoms with Gasteiger partial charge < -0.3 is 14.8 Å². The van der Waals surface area contributed by atoms with Crippen LogP contribution in [0.25, 0.3) is 11.7 Å². The van der Waals surface area contributed by atoms with E-state index in [4.69, 9.17) is 9.47 Å². The number of benzene rings is 1. The van der Waals surface area contributed by atoms with Crippen LogP contribution in [-0.2, 0) is 9.53 Å². The summed E-state index contributed by atoms with van der Waals surface area (Å²) in [5, 5.41) is 12.3. The number of hydrogen-bond donors (Lipinski definition) is 1. The second kappa shape index (κ2) is 11.3. The lowest BCUT2D eigenvalue weighted by atomic mass is 10.1. The molecule has 0 aliphatic rings. The van der Waals surface area contributed by atoms with Crippen molar-refractivity contribution in [2.45, 2.75) is 40.2 Å². The molecule has 0 bridgehead atoms. The molecule has 8 heteroatoms. The average Bonchev–Trinajstić information content (AvgIpc) is 2.80. The summed E-state index contributed by atoms with van der Waals surface area (Å²) in [7, 11) is 0. The Balaban J connectivity index is 1.98. The van der Waals surface area contributed by atoms with Gasteiger partial charge in [-0.15, -0.1) is 0 Å². The van der Waals surface area contributed by atoms with Gasteiger partial charge in [0, 0.05) is 19.3 Å². The van der Waals surface area contributed by atoms with Crippen molar-refractivity contribution in [3.05, 3.63) is 75.2 Å². The van der Waals surface area contributed by atoms with Gasteiger partial charge in [0.2, 0.25) is 5.88 Å². The third-order valence-corrected chi connectivity index (χ3v) is 5.00. The number of fused-ring (bicyclic) bond motifs is 1. The number of ether oxygens (including phenoxy) is 2. The molecule has 0 aliphatic carbocycles. The summed E-state index contributed by atoms with van der Waals surface area (Å²) >= 11 is 0. The van der Waals surface area contributed by atoms with Gasteiger partial charge in [0.15, 0.2) is 0 Å². The Bertz CT molecular complexity index is 1300. The number of nitriles is 1. The first-order valence-corrected chi connectivity index (χ1v) is 11.1. The van der Waals surface area contributed by atoms with Gasteiger partial charge >= 0.3 is 0 Å². The van der Waals surface area contributed by atoms with E-state index in [1.165, 1.54) is 10.5 Å². The van der Waals surface area contributed by atoms with Gasteiger partial charge in [-0.2, -0.15) is 10.2 Å². The Kier molecular flexibility index (Phi) is 8.17. The van der Waals surface area contributed by atoms with Crippen molar-refractivity contribution < 1.29 is 14.3 Å². The lowest BCUT2D eigenvalue weighted by molar-refractivity contribution is -0.117. The zero-order valence-corrected chi connectivity index (χ0v) is 19.8. The summed E-state index contributed by atoms with van der Waals surface area (Å²) in [5.74, 6) is -0.0747. The number of aryl methyl sites for hydroxylation is 2. The Morgan fingerprint density at radius 3 is 2.65 bits per heavy atom. The molecule has 0 aliphatic heterocycles. The van der Waals surface area contributed by atoms with Crippen LogP contribution >= 0.6 is 0 Å². The van der Waals surface area contributed by atoms with Crippen LogP contribution in [0.1, 0.15) is 37.0 Å². The fourth-order valence-electron chi connectivity index (χ4n) is 3.19. The van der Waals surface area contributed by atoms with Gasteiger partial charge in [-0.25, -0.2) is 0 Å². The molecule has 8 nitrogen and oxygen atoms in total. The summed E-state index contributed by atoms with van der Waals surface area (Å²) in [5.41, 5.74) is 1.62. The van der Waals surface area contributed by atoms with Gasteiger partial charge in [0.05, 0.1) is 6.10 Å². The Morgan fingerprint density at radius 2 is 1.97 bits per heavy atom. The Hall–Kier alpha value is -3.96. The molecule has 34 heavy (non-hydrogen) atoms.